The summed E-state index contributed by atoms with van der Waals surface area (Å²) in [6.45, 7) is 6.40. The minimum Gasteiger partial charge on any atom is -0.481 e. The molecular weight excluding hydrogens is 260 g/mol. The van der Waals surface area contributed by atoms with E-state index in [1.807, 2.05) is 6.92 Å². The average Bonchev–Trinajstić information content (AvgIpc) is 2.46. The fraction of sp³-hybridized carbons (Fsp3) is 0.857. The molecule has 2 amide bonds. The third-order valence-corrected chi connectivity index (χ3v) is 3.93. The van der Waals surface area contributed by atoms with Gasteiger partial charge in [-0.2, -0.15) is 0 Å². The molecule has 2 N–H and O–H groups in total. The molecule has 1 rings (SSSR count). The topological polar surface area (TPSA) is 78.9 Å². The van der Waals surface area contributed by atoms with Crippen LogP contribution in [0.25, 0.3) is 0 Å². The number of urea groups is 1. The second-order valence-electron chi connectivity index (χ2n) is 5.29. The molecule has 1 fully saturated rings. The minimum atomic E-state index is -0.877. The molecule has 1 heterocycles. The standard InChI is InChI=1S/C14H26N2O4/c1-3-5-8-16(4-2)13(19)15-11-14(12(17)18)6-9-20-10-7-14/h3-11H2,1-2H3,(H,15,19)(H,17,18). The number of nitrogens with zero attached hydrogens (tertiary/aromatic N) is 1. The molecule has 1 aliphatic rings. The molecule has 0 aliphatic carbocycles. The Balaban J connectivity index is 2.53. The zero-order valence-corrected chi connectivity index (χ0v) is 12.5. The minimum absolute atomic E-state index is 0.173. The fourth-order valence-electron chi connectivity index (χ4n) is 2.34. The van der Waals surface area contributed by atoms with Crippen molar-refractivity contribution in [2.45, 2.75) is 39.5 Å². The summed E-state index contributed by atoms with van der Waals surface area (Å²) in [7, 11) is 0. The highest BCUT2D eigenvalue weighted by atomic mass is 16.5. The maximum absolute atomic E-state index is 12.1. The van der Waals surface area contributed by atoms with E-state index in [0.29, 0.717) is 39.1 Å². The molecule has 0 atom stereocenters. The number of rotatable bonds is 7. The Bertz CT molecular complexity index is 327. The van der Waals surface area contributed by atoms with Crippen LogP contribution in [0, 0.1) is 5.41 Å². The van der Waals surface area contributed by atoms with Crippen LogP contribution in [0.1, 0.15) is 39.5 Å². The van der Waals surface area contributed by atoms with E-state index in [9.17, 15) is 14.7 Å². The zero-order chi connectivity index (χ0) is 15.0. The number of carboxylic acid groups (broad SMARTS) is 1. The highest BCUT2D eigenvalue weighted by molar-refractivity contribution is 5.78. The monoisotopic (exact) mass is 286 g/mol. The number of amides is 2. The van der Waals surface area contributed by atoms with Crippen molar-refractivity contribution in [3.8, 4) is 0 Å². The smallest absolute Gasteiger partial charge is 0.317 e. The van der Waals surface area contributed by atoms with Crippen molar-refractivity contribution in [3.05, 3.63) is 0 Å². The van der Waals surface area contributed by atoms with Crippen molar-refractivity contribution >= 4 is 12.0 Å². The Kier molecular flexibility index (Phi) is 6.78. The summed E-state index contributed by atoms with van der Waals surface area (Å²) in [4.78, 5) is 25.3. The van der Waals surface area contributed by atoms with Crippen LogP contribution in [0.4, 0.5) is 4.79 Å². The van der Waals surface area contributed by atoms with E-state index in [0.717, 1.165) is 12.8 Å². The number of nitrogens with one attached hydrogen (secondary N) is 1. The number of carbonyl (C=O) groups is 2. The summed E-state index contributed by atoms with van der Waals surface area (Å²) in [6, 6.07) is -0.173. The van der Waals surface area contributed by atoms with Gasteiger partial charge >= 0.3 is 12.0 Å². The quantitative estimate of drug-likeness (QED) is 0.746. The lowest BCUT2D eigenvalue weighted by molar-refractivity contribution is -0.154. The lowest BCUT2D eigenvalue weighted by Crippen LogP contribution is -2.50. The normalized spacial score (nSPS) is 17.5. The lowest BCUT2D eigenvalue weighted by Gasteiger charge is -2.34. The second-order valence-corrected chi connectivity index (χ2v) is 5.29. The van der Waals surface area contributed by atoms with Gasteiger partial charge in [-0.1, -0.05) is 13.3 Å². The van der Waals surface area contributed by atoms with Crippen molar-refractivity contribution in [1.29, 1.82) is 0 Å². The second kappa shape index (κ2) is 8.09. The predicted octanol–water partition coefficient (Wildman–Crippen LogP) is 1.70. The summed E-state index contributed by atoms with van der Waals surface area (Å²) in [5.41, 5.74) is -0.877. The van der Waals surface area contributed by atoms with Crippen molar-refractivity contribution in [3.63, 3.8) is 0 Å². The molecule has 6 heteroatoms. The van der Waals surface area contributed by atoms with E-state index in [4.69, 9.17) is 4.74 Å². The molecule has 6 nitrogen and oxygen atoms in total. The van der Waals surface area contributed by atoms with Gasteiger partial charge < -0.3 is 20.1 Å². The first kappa shape index (κ1) is 16.8. The van der Waals surface area contributed by atoms with E-state index in [1.54, 1.807) is 4.90 Å². The summed E-state index contributed by atoms with van der Waals surface area (Å²) in [5.74, 6) is -0.849. The third-order valence-electron chi connectivity index (χ3n) is 3.93. The number of hydrogen-bond acceptors (Lipinski definition) is 3. The van der Waals surface area contributed by atoms with Crippen LogP contribution in [-0.2, 0) is 9.53 Å². The molecule has 0 unspecified atom stereocenters. The zero-order valence-electron chi connectivity index (χ0n) is 12.5. The molecule has 20 heavy (non-hydrogen) atoms. The summed E-state index contributed by atoms with van der Waals surface area (Å²) in [5, 5.41) is 12.2. The van der Waals surface area contributed by atoms with Crippen LogP contribution in [0.2, 0.25) is 0 Å². The van der Waals surface area contributed by atoms with Gasteiger partial charge in [0.05, 0.1) is 5.41 Å². The van der Waals surface area contributed by atoms with Gasteiger partial charge in [0.1, 0.15) is 0 Å². The lowest BCUT2D eigenvalue weighted by atomic mass is 9.80. The Hall–Kier alpha value is -1.30. The van der Waals surface area contributed by atoms with Gasteiger partial charge in [-0.05, 0) is 26.2 Å². The van der Waals surface area contributed by atoms with Crippen molar-refractivity contribution < 1.29 is 19.4 Å². The Labute approximate surface area is 120 Å². The Morgan fingerprint density at radius 1 is 1.30 bits per heavy atom. The maximum atomic E-state index is 12.1. The summed E-state index contributed by atoms with van der Waals surface area (Å²) in [6.07, 6.45) is 2.88. The molecular formula is C14H26N2O4. The first-order valence-corrected chi connectivity index (χ1v) is 7.39. The number of unbranched alkanes of at least 4 members (excludes halogenated alkanes) is 1. The average molecular weight is 286 g/mol. The number of aliphatic carboxylic acids is 1. The van der Waals surface area contributed by atoms with Crippen LogP contribution >= 0.6 is 0 Å². The third kappa shape index (κ3) is 4.37. The first-order chi connectivity index (χ1) is 9.55. The predicted molar refractivity (Wildman–Crippen MR) is 75.7 cm³/mol. The van der Waals surface area contributed by atoms with Gasteiger partial charge in [0.15, 0.2) is 0 Å². The molecule has 0 radical (unpaired) electrons. The van der Waals surface area contributed by atoms with E-state index in [2.05, 4.69) is 12.2 Å². The first-order valence-electron chi connectivity index (χ1n) is 7.39. The fourth-order valence-corrected chi connectivity index (χ4v) is 2.34. The van der Waals surface area contributed by atoms with Gasteiger partial charge in [-0.3, -0.25) is 4.79 Å². The van der Waals surface area contributed by atoms with Crippen LogP contribution in [0.5, 0.6) is 0 Å². The van der Waals surface area contributed by atoms with Gasteiger partial charge in [0.25, 0.3) is 0 Å². The highest BCUT2D eigenvalue weighted by Crippen LogP contribution is 2.30. The SMILES string of the molecule is CCCCN(CC)C(=O)NCC1(C(=O)O)CCOCC1. The van der Waals surface area contributed by atoms with Crippen LogP contribution in [0.3, 0.4) is 0 Å². The van der Waals surface area contributed by atoms with Gasteiger partial charge in [0.2, 0.25) is 0 Å². The summed E-state index contributed by atoms with van der Waals surface area (Å²) >= 11 is 0. The number of carboxylic acids is 1. The number of carbonyl (C=O) groups excluding carboxylic acids is 1. The van der Waals surface area contributed by atoms with Gasteiger partial charge in [0, 0.05) is 32.8 Å². The van der Waals surface area contributed by atoms with E-state index >= 15 is 0 Å². The van der Waals surface area contributed by atoms with E-state index in [-0.39, 0.29) is 12.6 Å². The van der Waals surface area contributed by atoms with Crippen LogP contribution in [0.15, 0.2) is 0 Å². The summed E-state index contributed by atoms with van der Waals surface area (Å²) < 4.78 is 5.22. The van der Waals surface area contributed by atoms with Crippen LogP contribution < -0.4 is 5.32 Å². The Morgan fingerprint density at radius 2 is 1.95 bits per heavy atom. The molecule has 0 bridgehead atoms. The Morgan fingerprint density at radius 3 is 2.45 bits per heavy atom. The van der Waals surface area contributed by atoms with Crippen molar-refractivity contribution in [2.24, 2.45) is 5.41 Å². The largest absolute Gasteiger partial charge is 0.481 e. The maximum Gasteiger partial charge on any atom is 0.317 e. The van der Waals surface area contributed by atoms with Crippen molar-refractivity contribution in [2.75, 3.05) is 32.8 Å². The molecule has 116 valence electrons. The van der Waals surface area contributed by atoms with Gasteiger partial charge in [-0.25, -0.2) is 4.79 Å². The molecule has 0 aromatic heterocycles. The molecule has 1 saturated heterocycles. The van der Waals surface area contributed by atoms with E-state index < -0.39 is 11.4 Å². The number of ether oxygens (including phenoxy) is 1. The number of hydrogen-bond donors (Lipinski definition) is 2. The van der Waals surface area contributed by atoms with Crippen molar-refractivity contribution in [1.82, 2.24) is 10.2 Å². The van der Waals surface area contributed by atoms with Gasteiger partial charge in [-0.15, -0.1) is 0 Å². The molecule has 0 spiro atoms. The molecule has 0 saturated carbocycles. The molecule has 1 aliphatic heterocycles. The molecule has 0 aromatic carbocycles. The molecule has 0 aromatic rings. The highest BCUT2D eigenvalue weighted by Gasteiger charge is 2.40. The van der Waals surface area contributed by atoms with E-state index in [1.165, 1.54) is 0 Å². The van der Waals surface area contributed by atoms with Crippen LogP contribution in [-0.4, -0.2) is 54.9 Å².